The normalized spacial score (nSPS) is 20.1. The molecule has 0 saturated heterocycles. The standard InChI is InChI=1S/C32H37N3O3/c1-20(2)19-21-9-11-23(12-10-21)38-29(36)18-17-28-24-13-14-25-26(30(25)32(37)33-3)15-16-27(24)31(35-34-28)22-7-5-4-6-8-22/h4-12,20,25-26,30H,13-19H2,1-3H3,(H,33,37). The Hall–Kier alpha value is -3.54. The quantitative estimate of drug-likeness (QED) is 0.325. The molecule has 6 nitrogen and oxygen atoms in total. The molecule has 1 fully saturated rings. The maximum atomic E-state index is 12.7. The second-order valence-corrected chi connectivity index (χ2v) is 11.1. The number of hydrogen-bond donors (Lipinski definition) is 1. The molecule has 3 atom stereocenters. The maximum absolute atomic E-state index is 12.7. The van der Waals surface area contributed by atoms with Gasteiger partial charge < -0.3 is 10.1 Å². The number of carbonyl (C=O) groups excluding carboxylic acids is 2. The molecule has 1 heterocycles. The molecule has 198 valence electrons. The molecular formula is C32H37N3O3. The van der Waals surface area contributed by atoms with Crippen molar-refractivity contribution in [2.24, 2.45) is 23.7 Å². The van der Waals surface area contributed by atoms with Gasteiger partial charge in [0.2, 0.25) is 5.91 Å². The van der Waals surface area contributed by atoms with Crippen LogP contribution in [0.4, 0.5) is 0 Å². The molecule has 1 saturated carbocycles. The van der Waals surface area contributed by atoms with E-state index in [0.717, 1.165) is 49.1 Å². The summed E-state index contributed by atoms with van der Waals surface area (Å²) in [6, 6.07) is 18.0. The summed E-state index contributed by atoms with van der Waals surface area (Å²) >= 11 is 0. The molecule has 0 bridgehead atoms. The van der Waals surface area contributed by atoms with E-state index in [1.807, 2.05) is 42.5 Å². The zero-order valence-corrected chi connectivity index (χ0v) is 22.6. The lowest BCUT2D eigenvalue weighted by atomic mass is 9.89. The number of nitrogens with one attached hydrogen (secondary N) is 1. The monoisotopic (exact) mass is 511 g/mol. The molecule has 1 aromatic heterocycles. The number of aryl methyl sites for hydroxylation is 1. The Morgan fingerprint density at radius 1 is 0.947 bits per heavy atom. The summed E-state index contributed by atoms with van der Waals surface area (Å²) in [7, 11) is 1.72. The summed E-state index contributed by atoms with van der Waals surface area (Å²) in [6.45, 7) is 4.38. The fourth-order valence-electron chi connectivity index (χ4n) is 6.12. The summed E-state index contributed by atoms with van der Waals surface area (Å²) in [5, 5.41) is 12.1. The van der Waals surface area contributed by atoms with Crippen molar-refractivity contribution in [2.45, 2.75) is 58.8 Å². The minimum Gasteiger partial charge on any atom is -0.427 e. The molecular weight excluding hydrogens is 474 g/mol. The predicted octanol–water partition coefficient (Wildman–Crippen LogP) is 5.37. The van der Waals surface area contributed by atoms with Crippen molar-refractivity contribution in [3.63, 3.8) is 0 Å². The van der Waals surface area contributed by atoms with E-state index in [0.29, 0.717) is 29.9 Å². The van der Waals surface area contributed by atoms with Crippen molar-refractivity contribution in [1.29, 1.82) is 0 Å². The van der Waals surface area contributed by atoms with Crippen LogP contribution >= 0.6 is 0 Å². The summed E-state index contributed by atoms with van der Waals surface area (Å²) in [5.41, 5.74) is 6.51. The lowest BCUT2D eigenvalue weighted by Crippen LogP contribution is -2.21. The Labute approximate surface area is 225 Å². The van der Waals surface area contributed by atoms with Crippen LogP contribution in [0.1, 0.15) is 55.5 Å². The Balaban J connectivity index is 1.32. The van der Waals surface area contributed by atoms with Gasteiger partial charge in [-0.15, -0.1) is 5.10 Å². The van der Waals surface area contributed by atoms with Crippen LogP contribution in [-0.4, -0.2) is 29.1 Å². The molecule has 0 spiro atoms. The van der Waals surface area contributed by atoms with Gasteiger partial charge in [0, 0.05) is 24.9 Å². The van der Waals surface area contributed by atoms with Gasteiger partial charge >= 0.3 is 5.97 Å². The van der Waals surface area contributed by atoms with Gasteiger partial charge in [0.15, 0.2) is 0 Å². The Morgan fingerprint density at radius 3 is 2.29 bits per heavy atom. The van der Waals surface area contributed by atoms with Gasteiger partial charge in [0.1, 0.15) is 5.75 Å². The van der Waals surface area contributed by atoms with Crippen molar-refractivity contribution in [3.8, 4) is 17.0 Å². The lowest BCUT2D eigenvalue weighted by Gasteiger charge is -2.19. The van der Waals surface area contributed by atoms with Gasteiger partial charge in [0.05, 0.1) is 17.8 Å². The zero-order chi connectivity index (χ0) is 26.6. The topological polar surface area (TPSA) is 81.2 Å². The number of rotatable bonds is 8. The first kappa shape index (κ1) is 26.1. The van der Waals surface area contributed by atoms with E-state index < -0.39 is 0 Å². The van der Waals surface area contributed by atoms with E-state index in [-0.39, 0.29) is 24.2 Å². The highest BCUT2D eigenvalue weighted by atomic mass is 16.5. The van der Waals surface area contributed by atoms with Crippen molar-refractivity contribution < 1.29 is 14.3 Å². The molecule has 2 aliphatic rings. The van der Waals surface area contributed by atoms with Gasteiger partial charge in [-0.2, -0.15) is 5.10 Å². The molecule has 38 heavy (non-hydrogen) atoms. The first-order valence-corrected chi connectivity index (χ1v) is 13.9. The van der Waals surface area contributed by atoms with Crippen LogP contribution in [-0.2, 0) is 35.3 Å². The van der Waals surface area contributed by atoms with E-state index in [4.69, 9.17) is 4.74 Å². The predicted molar refractivity (Wildman–Crippen MR) is 148 cm³/mol. The smallest absolute Gasteiger partial charge is 0.311 e. The molecule has 0 radical (unpaired) electrons. The van der Waals surface area contributed by atoms with Gasteiger partial charge in [-0.1, -0.05) is 56.3 Å². The molecule has 3 unspecified atom stereocenters. The van der Waals surface area contributed by atoms with Crippen LogP contribution in [0, 0.1) is 23.7 Å². The summed E-state index contributed by atoms with van der Waals surface area (Å²) in [4.78, 5) is 25.1. The van der Waals surface area contributed by atoms with E-state index in [1.165, 1.54) is 16.7 Å². The molecule has 0 aliphatic heterocycles. The lowest BCUT2D eigenvalue weighted by molar-refractivity contribution is -0.134. The van der Waals surface area contributed by atoms with Gasteiger partial charge in [-0.05, 0) is 78.7 Å². The number of esters is 1. The average molecular weight is 512 g/mol. The molecule has 2 aliphatic carbocycles. The number of benzene rings is 2. The summed E-state index contributed by atoms with van der Waals surface area (Å²) in [5.74, 6) is 2.02. The molecule has 1 amide bonds. The second kappa shape index (κ2) is 11.5. The average Bonchev–Trinajstić information content (AvgIpc) is 3.60. The highest BCUT2D eigenvalue weighted by Gasteiger charge is 2.53. The number of fused-ring (bicyclic) bond motifs is 2. The third kappa shape index (κ3) is 5.79. The summed E-state index contributed by atoms with van der Waals surface area (Å²) in [6.07, 6.45) is 5.37. The zero-order valence-electron chi connectivity index (χ0n) is 22.6. The third-order valence-electron chi connectivity index (χ3n) is 8.02. The first-order valence-electron chi connectivity index (χ1n) is 13.9. The first-order chi connectivity index (χ1) is 18.4. The van der Waals surface area contributed by atoms with Crippen LogP contribution in [0.3, 0.4) is 0 Å². The van der Waals surface area contributed by atoms with Crippen molar-refractivity contribution >= 4 is 11.9 Å². The molecule has 5 rings (SSSR count). The van der Waals surface area contributed by atoms with Crippen LogP contribution in [0.25, 0.3) is 11.3 Å². The fourth-order valence-corrected chi connectivity index (χ4v) is 6.12. The number of amides is 1. The minimum atomic E-state index is -0.267. The SMILES string of the molecule is CNC(=O)C1C2CCc3c(CCC(=O)Oc4ccc(CC(C)C)cc4)nnc(-c4ccccc4)c3CCC21. The summed E-state index contributed by atoms with van der Waals surface area (Å²) < 4.78 is 5.62. The van der Waals surface area contributed by atoms with Crippen LogP contribution < -0.4 is 10.1 Å². The van der Waals surface area contributed by atoms with Gasteiger partial charge in [0.25, 0.3) is 0 Å². The fraction of sp³-hybridized carbons (Fsp3) is 0.438. The van der Waals surface area contributed by atoms with Gasteiger partial charge in [-0.3, -0.25) is 9.59 Å². The van der Waals surface area contributed by atoms with Crippen LogP contribution in [0.2, 0.25) is 0 Å². The van der Waals surface area contributed by atoms with Crippen molar-refractivity contribution in [1.82, 2.24) is 15.5 Å². The van der Waals surface area contributed by atoms with E-state index in [9.17, 15) is 9.59 Å². The molecule has 6 heteroatoms. The Bertz CT molecular complexity index is 1290. The number of nitrogens with zero attached hydrogens (tertiary/aromatic N) is 2. The molecule has 1 N–H and O–H groups in total. The van der Waals surface area contributed by atoms with Crippen molar-refractivity contribution in [3.05, 3.63) is 77.0 Å². The van der Waals surface area contributed by atoms with Crippen LogP contribution in [0.15, 0.2) is 54.6 Å². The maximum Gasteiger partial charge on any atom is 0.311 e. The Morgan fingerprint density at radius 2 is 1.63 bits per heavy atom. The molecule has 3 aromatic rings. The number of ether oxygens (including phenoxy) is 1. The van der Waals surface area contributed by atoms with E-state index >= 15 is 0 Å². The molecule has 2 aromatic carbocycles. The van der Waals surface area contributed by atoms with Gasteiger partial charge in [-0.25, -0.2) is 0 Å². The Kier molecular flexibility index (Phi) is 7.87. The minimum absolute atomic E-state index is 0.112. The highest BCUT2D eigenvalue weighted by molar-refractivity contribution is 5.82. The van der Waals surface area contributed by atoms with E-state index in [2.05, 4.69) is 41.5 Å². The number of aromatic nitrogens is 2. The second-order valence-electron chi connectivity index (χ2n) is 11.1. The largest absolute Gasteiger partial charge is 0.427 e. The highest BCUT2D eigenvalue weighted by Crippen LogP contribution is 2.53. The third-order valence-corrected chi connectivity index (χ3v) is 8.02. The van der Waals surface area contributed by atoms with Crippen LogP contribution in [0.5, 0.6) is 5.75 Å². The number of hydrogen-bond acceptors (Lipinski definition) is 5. The van der Waals surface area contributed by atoms with Crippen molar-refractivity contribution in [2.75, 3.05) is 7.05 Å². The van der Waals surface area contributed by atoms with E-state index in [1.54, 1.807) is 7.05 Å². The number of carbonyl (C=O) groups is 2.